The van der Waals surface area contributed by atoms with Gasteiger partial charge in [0.1, 0.15) is 0 Å². The molecule has 1 aromatic heterocycles. The number of hydrogen-bond donors (Lipinski definition) is 0. The molecule has 2 aromatic carbocycles. The van der Waals surface area contributed by atoms with Crippen LogP contribution in [0.1, 0.15) is 28.8 Å². The Morgan fingerprint density at radius 3 is 2.64 bits per heavy atom. The van der Waals surface area contributed by atoms with Crippen LogP contribution in [0.25, 0.3) is 5.69 Å². The molecule has 1 amide bonds. The van der Waals surface area contributed by atoms with Gasteiger partial charge < -0.3 is 9.47 Å². The van der Waals surface area contributed by atoms with E-state index in [9.17, 15) is 4.79 Å². The number of likely N-dealkylation sites (tertiary alicyclic amines) is 1. The van der Waals surface area contributed by atoms with Gasteiger partial charge in [0.25, 0.3) is 5.91 Å². The summed E-state index contributed by atoms with van der Waals surface area (Å²) in [7, 11) is 2.16. The molecule has 28 heavy (non-hydrogen) atoms. The minimum Gasteiger partial charge on any atom is -0.337 e. The number of aromatic nitrogens is 2. The lowest BCUT2D eigenvalue weighted by Gasteiger charge is -2.37. The van der Waals surface area contributed by atoms with Crippen molar-refractivity contribution in [2.45, 2.75) is 25.4 Å². The van der Waals surface area contributed by atoms with Crippen molar-refractivity contribution in [1.82, 2.24) is 19.4 Å². The van der Waals surface area contributed by atoms with Crippen molar-refractivity contribution in [2.24, 2.45) is 0 Å². The predicted molar refractivity (Wildman–Crippen MR) is 110 cm³/mol. The lowest BCUT2D eigenvalue weighted by atomic mass is 10.0. The molecule has 144 valence electrons. The highest BCUT2D eigenvalue weighted by Gasteiger charge is 2.26. The average Bonchev–Trinajstić information content (AvgIpc) is 3.29. The Morgan fingerprint density at radius 1 is 1.14 bits per heavy atom. The number of benzene rings is 2. The number of imidazole rings is 1. The first kappa shape index (κ1) is 18.4. The number of hydrogen-bond acceptors (Lipinski definition) is 3. The van der Waals surface area contributed by atoms with E-state index in [0.717, 1.165) is 43.7 Å². The molecule has 1 aliphatic heterocycles. The monoisotopic (exact) mass is 374 g/mol. The van der Waals surface area contributed by atoms with E-state index in [2.05, 4.69) is 41.2 Å². The van der Waals surface area contributed by atoms with Gasteiger partial charge in [0.2, 0.25) is 0 Å². The largest absolute Gasteiger partial charge is 0.337 e. The lowest BCUT2D eigenvalue weighted by molar-refractivity contribution is 0.0602. The fourth-order valence-electron chi connectivity index (χ4n) is 3.87. The summed E-state index contributed by atoms with van der Waals surface area (Å²) in [6.07, 6.45) is 7.58. The van der Waals surface area contributed by atoms with Gasteiger partial charge in [-0.25, -0.2) is 4.98 Å². The fourth-order valence-corrected chi connectivity index (χ4v) is 3.87. The van der Waals surface area contributed by atoms with E-state index in [1.54, 1.807) is 12.5 Å². The normalized spacial score (nSPS) is 17.1. The zero-order valence-corrected chi connectivity index (χ0v) is 16.2. The molecule has 4 rings (SSSR count). The number of likely N-dealkylation sites (N-methyl/N-ethyl adjacent to an activating group) is 1. The minimum absolute atomic E-state index is 0.120. The van der Waals surface area contributed by atoms with Gasteiger partial charge in [-0.2, -0.15) is 0 Å². The third-order valence-electron chi connectivity index (χ3n) is 5.50. The summed E-state index contributed by atoms with van der Waals surface area (Å²) < 4.78 is 1.93. The SMILES string of the molecule is CN(Cc1ccccc1)C1CCCN(C(=O)c2ccc(-n3ccnc3)cc2)C1. The van der Waals surface area contributed by atoms with Crippen LogP contribution < -0.4 is 0 Å². The molecule has 0 bridgehead atoms. The van der Waals surface area contributed by atoms with Gasteiger partial charge >= 0.3 is 0 Å². The van der Waals surface area contributed by atoms with E-state index in [-0.39, 0.29) is 5.91 Å². The molecule has 3 aromatic rings. The van der Waals surface area contributed by atoms with Gasteiger partial charge in [-0.15, -0.1) is 0 Å². The van der Waals surface area contributed by atoms with Gasteiger partial charge in [0, 0.05) is 49.3 Å². The molecule has 1 atom stereocenters. The fraction of sp³-hybridized carbons (Fsp3) is 0.304. The molecule has 1 aliphatic rings. The van der Waals surface area contributed by atoms with Gasteiger partial charge in [-0.1, -0.05) is 30.3 Å². The zero-order chi connectivity index (χ0) is 19.3. The second-order valence-corrected chi connectivity index (χ2v) is 7.46. The van der Waals surface area contributed by atoms with Crippen LogP contribution in [0, 0.1) is 0 Å². The summed E-state index contributed by atoms with van der Waals surface area (Å²) in [5.74, 6) is 0.120. The number of rotatable bonds is 5. The van der Waals surface area contributed by atoms with Crippen molar-refractivity contribution in [1.29, 1.82) is 0 Å². The summed E-state index contributed by atoms with van der Waals surface area (Å²) >= 11 is 0. The third kappa shape index (κ3) is 4.15. The number of piperidine rings is 1. The van der Waals surface area contributed by atoms with E-state index in [1.807, 2.05) is 46.0 Å². The van der Waals surface area contributed by atoms with Gasteiger partial charge in [0.15, 0.2) is 0 Å². The van der Waals surface area contributed by atoms with Crippen LogP contribution in [-0.2, 0) is 6.54 Å². The standard InChI is InChI=1S/C23H26N4O/c1-25(16-19-6-3-2-4-7-19)22-8-5-14-26(17-22)23(28)20-9-11-21(12-10-20)27-15-13-24-18-27/h2-4,6-7,9-13,15,18,22H,5,8,14,16-17H2,1H3. The molecule has 1 unspecified atom stereocenters. The van der Waals surface area contributed by atoms with Gasteiger partial charge in [-0.05, 0) is 49.7 Å². The van der Waals surface area contributed by atoms with Gasteiger partial charge in [0.05, 0.1) is 6.33 Å². The topological polar surface area (TPSA) is 41.4 Å². The second-order valence-electron chi connectivity index (χ2n) is 7.46. The smallest absolute Gasteiger partial charge is 0.253 e. The Balaban J connectivity index is 1.40. The third-order valence-corrected chi connectivity index (χ3v) is 5.50. The van der Waals surface area contributed by atoms with Crippen molar-refractivity contribution >= 4 is 5.91 Å². The zero-order valence-electron chi connectivity index (χ0n) is 16.2. The first-order chi connectivity index (χ1) is 13.7. The molecule has 0 saturated carbocycles. The number of nitrogens with zero attached hydrogens (tertiary/aromatic N) is 4. The summed E-state index contributed by atoms with van der Waals surface area (Å²) in [6.45, 7) is 2.52. The van der Waals surface area contributed by atoms with E-state index < -0.39 is 0 Å². The van der Waals surface area contributed by atoms with Crippen molar-refractivity contribution in [3.05, 3.63) is 84.4 Å². The molecule has 0 aliphatic carbocycles. The first-order valence-corrected chi connectivity index (χ1v) is 9.82. The molecule has 1 fully saturated rings. The molecule has 0 N–H and O–H groups in total. The molecule has 0 radical (unpaired) electrons. The van der Waals surface area contributed by atoms with Crippen molar-refractivity contribution in [2.75, 3.05) is 20.1 Å². The van der Waals surface area contributed by atoms with E-state index in [1.165, 1.54) is 5.56 Å². The highest BCUT2D eigenvalue weighted by molar-refractivity contribution is 5.94. The van der Waals surface area contributed by atoms with Crippen LogP contribution in [0.3, 0.4) is 0 Å². The summed E-state index contributed by atoms with van der Waals surface area (Å²) in [5.41, 5.74) is 3.06. The molecule has 2 heterocycles. The number of carbonyl (C=O) groups excluding carboxylic acids is 1. The number of carbonyl (C=O) groups is 1. The van der Waals surface area contributed by atoms with Crippen LogP contribution in [-0.4, -0.2) is 51.4 Å². The predicted octanol–water partition coefficient (Wildman–Crippen LogP) is 3.61. The van der Waals surface area contributed by atoms with E-state index >= 15 is 0 Å². The highest BCUT2D eigenvalue weighted by atomic mass is 16.2. The van der Waals surface area contributed by atoms with Crippen LogP contribution in [0.4, 0.5) is 0 Å². The van der Waals surface area contributed by atoms with Gasteiger partial charge in [-0.3, -0.25) is 9.69 Å². The molecular formula is C23H26N4O. The van der Waals surface area contributed by atoms with E-state index in [4.69, 9.17) is 0 Å². The Kier molecular flexibility index (Phi) is 5.53. The number of amides is 1. The Bertz CT molecular complexity index is 890. The Morgan fingerprint density at radius 2 is 1.93 bits per heavy atom. The first-order valence-electron chi connectivity index (χ1n) is 9.82. The Hall–Kier alpha value is -2.92. The van der Waals surface area contributed by atoms with Crippen molar-refractivity contribution in [3.63, 3.8) is 0 Å². The summed E-state index contributed by atoms with van der Waals surface area (Å²) in [6, 6.07) is 18.7. The lowest BCUT2D eigenvalue weighted by Crippen LogP contribution is -2.48. The van der Waals surface area contributed by atoms with Crippen LogP contribution in [0.2, 0.25) is 0 Å². The Labute approximate surface area is 166 Å². The summed E-state index contributed by atoms with van der Waals surface area (Å²) in [4.78, 5) is 21.5. The van der Waals surface area contributed by atoms with Crippen molar-refractivity contribution in [3.8, 4) is 5.69 Å². The van der Waals surface area contributed by atoms with E-state index in [0.29, 0.717) is 6.04 Å². The molecular weight excluding hydrogens is 348 g/mol. The molecule has 0 spiro atoms. The second kappa shape index (κ2) is 8.40. The maximum Gasteiger partial charge on any atom is 0.253 e. The quantitative estimate of drug-likeness (QED) is 0.685. The maximum atomic E-state index is 13.0. The maximum absolute atomic E-state index is 13.0. The molecule has 1 saturated heterocycles. The molecule has 5 heteroatoms. The van der Waals surface area contributed by atoms with Crippen molar-refractivity contribution < 1.29 is 4.79 Å². The minimum atomic E-state index is 0.120. The molecule has 5 nitrogen and oxygen atoms in total. The van der Waals surface area contributed by atoms with Crippen LogP contribution in [0.15, 0.2) is 73.3 Å². The highest BCUT2D eigenvalue weighted by Crippen LogP contribution is 2.19. The van der Waals surface area contributed by atoms with Crippen LogP contribution in [0.5, 0.6) is 0 Å². The average molecular weight is 374 g/mol. The van der Waals surface area contributed by atoms with Crippen LogP contribution >= 0.6 is 0 Å². The summed E-state index contributed by atoms with van der Waals surface area (Å²) in [5, 5.41) is 0.